The number of amides is 1. The van der Waals surface area contributed by atoms with E-state index in [1.807, 2.05) is 14.1 Å². The standard InChI is InChI=1S/C22H44N6O/c1-6-23-22(24-14-19-8-7-11-28(16-19)15-18(2)3)25-20-9-12-27(13-10-20)17-21(29)26(4)5/h18-20H,6-17H2,1-5H3,(H2,23,24,25). The quantitative estimate of drug-likeness (QED) is 0.470. The number of nitrogens with one attached hydrogen (secondary N) is 2. The van der Waals surface area contributed by atoms with E-state index >= 15 is 0 Å². The monoisotopic (exact) mass is 408 g/mol. The largest absolute Gasteiger partial charge is 0.357 e. The van der Waals surface area contributed by atoms with Gasteiger partial charge in [-0.25, -0.2) is 0 Å². The highest BCUT2D eigenvalue weighted by molar-refractivity contribution is 5.80. The number of piperidine rings is 2. The van der Waals surface area contributed by atoms with Crippen LogP contribution in [0.25, 0.3) is 0 Å². The summed E-state index contributed by atoms with van der Waals surface area (Å²) in [6, 6.07) is 0.433. The summed E-state index contributed by atoms with van der Waals surface area (Å²) >= 11 is 0. The first kappa shape index (κ1) is 23.9. The lowest BCUT2D eigenvalue weighted by Gasteiger charge is -2.34. The second-order valence-electron chi connectivity index (χ2n) is 9.36. The maximum absolute atomic E-state index is 11.9. The number of carbonyl (C=O) groups is 1. The lowest BCUT2D eigenvalue weighted by atomic mass is 9.97. The second kappa shape index (κ2) is 12.4. The van der Waals surface area contributed by atoms with Gasteiger partial charge >= 0.3 is 0 Å². The van der Waals surface area contributed by atoms with Gasteiger partial charge < -0.3 is 20.4 Å². The van der Waals surface area contributed by atoms with Gasteiger partial charge in [0.15, 0.2) is 5.96 Å². The Morgan fingerprint density at radius 1 is 1.14 bits per heavy atom. The molecule has 0 bridgehead atoms. The van der Waals surface area contributed by atoms with E-state index in [0.717, 1.165) is 50.9 Å². The van der Waals surface area contributed by atoms with Gasteiger partial charge in [-0.15, -0.1) is 0 Å². The molecule has 2 aliphatic rings. The number of hydrogen-bond donors (Lipinski definition) is 2. The maximum atomic E-state index is 11.9. The number of rotatable bonds is 8. The highest BCUT2D eigenvalue weighted by Crippen LogP contribution is 2.18. The van der Waals surface area contributed by atoms with Crippen molar-refractivity contribution in [3.63, 3.8) is 0 Å². The Morgan fingerprint density at radius 2 is 1.86 bits per heavy atom. The Morgan fingerprint density at radius 3 is 2.48 bits per heavy atom. The molecule has 168 valence electrons. The van der Waals surface area contributed by atoms with Crippen LogP contribution in [0.1, 0.15) is 46.5 Å². The number of likely N-dealkylation sites (tertiary alicyclic amines) is 2. The third kappa shape index (κ3) is 8.91. The summed E-state index contributed by atoms with van der Waals surface area (Å²) in [5, 5.41) is 7.06. The lowest BCUT2D eigenvalue weighted by Crippen LogP contribution is -2.50. The molecule has 29 heavy (non-hydrogen) atoms. The molecule has 0 radical (unpaired) electrons. The molecule has 0 aromatic rings. The minimum Gasteiger partial charge on any atom is -0.357 e. The van der Waals surface area contributed by atoms with Crippen LogP contribution in [-0.2, 0) is 4.79 Å². The molecule has 2 heterocycles. The van der Waals surface area contributed by atoms with Crippen molar-refractivity contribution >= 4 is 11.9 Å². The minimum atomic E-state index is 0.185. The van der Waals surface area contributed by atoms with Crippen molar-refractivity contribution in [3.05, 3.63) is 0 Å². The Labute approximate surface area is 178 Å². The van der Waals surface area contributed by atoms with Crippen LogP contribution in [-0.4, -0.2) is 99.1 Å². The number of guanidine groups is 1. The minimum absolute atomic E-state index is 0.185. The molecule has 0 aromatic heterocycles. The molecule has 7 heteroatoms. The first-order valence-corrected chi connectivity index (χ1v) is 11.6. The maximum Gasteiger partial charge on any atom is 0.236 e. The highest BCUT2D eigenvalue weighted by atomic mass is 16.2. The average molecular weight is 409 g/mol. The average Bonchev–Trinajstić information content (AvgIpc) is 2.67. The van der Waals surface area contributed by atoms with E-state index in [9.17, 15) is 4.79 Å². The third-order valence-electron chi connectivity index (χ3n) is 5.86. The van der Waals surface area contributed by atoms with Crippen molar-refractivity contribution < 1.29 is 4.79 Å². The molecule has 0 saturated carbocycles. The van der Waals surface area contributed by atoms with Gasteiger partial charge in [0.1, 0.15) is 0 Å². The first-order chi connectivity index (χ1) is 13.9. The SMILES string of the molecule is CCNC(=NCC1CCCN(CC(C)C)C1)NC1CCN(CC(=O)N(C)C)CC1. The molecule has 0 aliphatic carbocycles. The predicted octanol–water partition coefficient (Wildman–Crippen LogP) is 1.46. The lowest BCUT2D eigenvalue weighted by molar-refractivity contribution is -0.130. The molecule has 0 aromatic carbocycles. The van der Waals surface area contributed by atoms with Crippen molar-refractivity contribution in [1.29, 1.82) is 0 Å². The Hall–Kier alpha value is -1.34. The Bertz CT molecular complexity index is 513. The van der Waals surface area contributed by atoms with E-state index in [4.69, 9.17) is 4.99 Å². The molecule has 2 aliphatic heterocycles. The molecule has 1 amide bonds. The predicted molar refractivity (Wildman–Crippen MR) is 121 cm³/mol. The van der Waals surface area contributed by atoms with Crippen molar-refractivity contribution in [2.24, 2.45) is 16.8 Å². The number of nitrogens with zero attached hydrogens (tertiary/aromatic N) is 4. The smallest absolute Gasteiger partial charge is 0.236 e. The number of likely N-dealkylation sites (N-methyl/N-ethyl adjacent to an activating group) is 1. The fourth-order valence-electron chi connectivity index (χ4n) is 4.28. The van der Waals surface area contributed by atoms with E-state index in [0.29, 0.717) is 18.5 Å². The van der Waals surface area contributed by atoms with Crippen molar-refractivity contribution in [1.82, 2.24) is 25.3 Å². The fraction of sp³-hybridized carbons (Fsp3) is 0.909. The van der Waals surface area contributed by atoms with Crippen LogP contribution in [0.4, 0.5) is 0 Å². The summed E-state index contributed by atoms with van der Waals surface area (Å²) in [5.41, 5.74) is 0. The third-order valence-corrected chi connectivity index (χ3v) is 5.86. The van der Waals surface area contributed by atoms with Gasteiger partial charge in [-0.3, -0.25) is 14.7 Å². The van der Waals surface area contributed by atoms with Crippen LogP contribution < -0.4 is 10.6 Å². The number of hydrogen-bond acceptors (Lipinski definition) is 4. The van der Waals surface area contributed by atoms with Crippen LogP contribution in [0.5, 0.6) is 0 Å². The molecule has 2 N–H and O–H groups in total. The molecular weight excluding hydrogens is 364 g/mol. The van der Waals surface area contributed by atoms with Crippen LogP contribution in [0, 0.1) is 11.8 Å². The summed E-state index contributed by atoms with van der Waals surface area (Å²) in [7, 11) is 3.65. The van der Waals surface area contributed by atoms with Gasteiger partial charge in [0, 0.05) is 59.4 Å². The first-order valence-electron chi connectivity index (χ1n) is 11.6. The van der Waals surface area contributed by atoms with Gasteiger partial charge in [0.05, 0.1) is 6.54 Å². The van der Waals surface area contributed by atoms with Gasteiger partial charge in [0.2, 0.25) is 5.91 Å². The van der Waals surface area contributed by atoms with Crippen molar-refractivity contribution in [2.45, 2.75) is 52.5 Å². The molecule has 0 spiro atoms. The number of aliphatic imine (C=N–C) groups is 1. The molecular formula is C22H44N6O. The van der Waals surface area contributed by atoms with E-state index in [1.54, 1.807) is 4.90 Å². The number of carbonyl (C=O) groups excluding carboxylic acids is 1. The topological polar surface area (TPSA) is 63.2 Å². The molecule has 1 unspecified atom stereocenters. The summed E-state index contributed by atoms with van der Waals surface area (Å²) in [5.74, 6) is 2.54. The van der Waals surface area contributed by atoms with Gasteiger partial charge in [-0.05, 0) is 51.0 Å². The van der Waals surface area contributed by atoms with Gasteiger partial charge in [-0.1, -0.05) is 13.8 Å². The highest BCUT2D eigenvalue weighted by Gasteiger charge is 2.23. The van der Waals surface area contributed by atoms with Crippen LogP contribution >= 0.6 is 0 Å². The molecule has 2 saturated heterocycles. The molecule has 7 nitrogen and oxygen atoms in total. The van der Waals surface area contributed by atoms with Crippen molar-refractivity contribution in [2.75, 3.05) is 66.5 Å². The van der Waals surface area contributed by atoms with E-state index in [2.05, 4.69) is 41.2 Å². The normalized spacial score (nSPS) is 22.7. The zero-order valence-electron chi connectivity index (χ0n) is 19.4. The van der Waals surface area contributed by atoms with Gasteiger partial charge in [0.25, 0.3) is 0 Å². The summed E-state index contributed by atoms with van der Waals surface area (Å²) in [6.07, 6.45) is 4.68. The molecule has 2 fully saturated rings. The summed E-state index contributed by atoms with van der Waals surface area (Å²) < 4.78 is 0. The van der Waals surface area contributed by atoms with Crippen molar-refractivity contribution in [3.8, 4) is 0 Å². The van der Waals surface area contributed by atoms with E-state index in [-0.39, 0.29) is 5.91 Å². The fourth-order valence-corrected chi connectivity index (χ4v) is 4.28. The van der Waals surface area contributed by atoms with Gasteiger partial charge in [-0.2, -0.15) is 0 Å². The van der Waals surface area contributed by atoms with Crippen LogP contribution in [0.2, 0.25) is 0 Å². The summed E-state index contributed by atoms with van der Waals surface area (Å²) in [4.78, 5) is 23.4. The van der Waals surface area contributed by atoms with Crippen LogP contribution in [0.15, 0.2) is 4.99 Å². The zero-order valence-corrected chi connectivity index (χ0v) is 19.4. The summed E-state index contributed by atoms with van der Waals surface area (Å²) in [6.45, 7) is 14.6. The Balaban J connectivity index is 1.78. The molecule has 1 atom stereocenters. The second-order valence-corrected chi connectivity index (χ2v) is 9.36. The van der Waals surface area contributed by atoms with E-state index < -0.39 is 0 Å². The zero-order chi connectivity index (χ0) is 21.2. The van der Waals surface area contributed by atoms with E-state index in [1.165, 1.54) is 32.5 Å². The Kier molecular flexibility index (Phi) is 10.2. The van der Waals surface area contributed by atoms with Crippen LogP contribution in [0.3, 0.4) is 0 Å². The molecule has 2 rings (SSSR count).